The number of methoxy groups -OCH3 is 1. The quantitative estimate of drug-likeness (QED) is 0.396. The van der Waals surface area contributed by atoms with Gasteiger partial charge >= 0.3 is 0 Å². The highest BCUT2D eigenvalue weighted by molar-refractivity contribution is 5.99. The van der Waals surface area contributed by atoms with Gasteiger partial charge in [0.15, 0.2) is 11.6 Å². The number of amides is 1. The molecule has 0 spiro atoms. The molecule has 0 aliphatic carbocycles. The van der Waals surface area contributed by atoms with Crippen LogP contribution in [0.4, 0.5) is 5.69 Å². The van der Waals surface area contributed by atoms with E-state index in [-0.39, 0.29) is 18.2 Å². The first-order valence-electron chi connectivity index (χ1n) is 10.3. The summed E-state index contributed by atoms with van der Waals surface area (Å²) >= 11 is 0. The molecule has 0 bridgehead atoms. The van der Waals surface area contributed by atoms with Crippen molar-refractivity contribution in [3.8, 4) is 5.75 Å². The van der Waals surface area contributed by atoms with Crippen LogP contribution in [0.1, 0.15) is 26.5 Å². The van der Waals surface area contributed by atoms with Crippen molar-refractivity contribution in [1.29, 1.82) is 0 Å². The van der Waals surface area contributed by atoms with Crippen LogP contribution in [0.5, 0.6) is 5.75 Å². The standard InChI is InChI=1S/C25H24N4O3/c1-32-23-10-6-5-9-18(23)13-14-29-21-12-11-19(15-20(21)28-25(29)24(26)31)27-16-22(30)17-7-3-2-4-8-17/h2-12,15,27H,13-14,16H2,1H3,(H2,26,31). The molecular weight excluding hydrogens is 404 g/mol. The monoisotopic (exact) mass is 428 g/mol. The van der Waals surface area contributed by atoms with Crippen molar-refractivity contribution in [2.45, 2.75) is 13.0 Å². The van der Waals surface area contributed by atoms with Crippen LogP contribution in [0.3, 0.4) is 0 Å². The molecule has 1 heterocycles. The number of aromatic nitrogens is 2. The number of para-hydroxylation sites is 1. The number of nitrogens with two attached hydrogens (primary N) is 1. The zero-order valence-corrected chi connectivity index (χ0v) is 17.7. The number of carbonyl (C=O) groups is 2. The van der Waals surface area contributed by atoms with Crippen LogP contribution < -0.4 is 15.8 Å². The van der Waals surface area contributed by atoms with E-state index in [0.717, 1.165) is 22.5 Å². The SMILES string of the molecule is COc1ccccc1CCn1c(C(N)=O)nc2cc(NCC(=O)c3ccccc3)ccc21. The lowest BCUT2D eigenvalue weighted by Crippen LogP contribution is -2.19. The molecule has 7 nitrogen and oxygen atoms in total. The Labute approximate surface area is 185 Å². The van der Waals surface area contributed by atoms with E-state index >= 15 is 0 Å². The van der Waals surface area contributed by atoms with Crippen LogP contribution in [0.2, 0.25) is 0 Å². The first-order chi connectivity index (χ1) is 15.6. The fourth-order valence-corrected chi connectivity index (χ4v) is 3.70. The summed E-state index contributed by atoms with van der Waals surface area (Å²) in [6.45, 7) is 0.682. The Morgan fingerprint density at radius 3 is 2.53 bits per heavy atom. The van der Waals surface area contributed by atoms with Crippen LogP contribution in [-0.4, -0.2) is 34.9 Å². The van der Waals surface area contributed by atoms with E-state index in [1.165, 1.54) is 0 Å². The molecule has 4 aromatic rings. The molecule has 0 aliphatic rings. The zero-order valence-electron chi connectivity index (χ0n) is 17.7. The Kier molecular flexibility index (Phi) is 6.17. The second-order valence-electron chi connectivity index (χ2n) is 7.36. The number of rotatable bonds is 9. The first kappa shape index (κ1) is 21.1. The second-order valence-corrected chi connectivity index (χ2v) is 7.36. The Hall–Kier alpha value is -4.13. The van der Waals surface area contributed by atoms with Gasteiger partial charge < -0.3 is 20.4 Å². The number of imidazole rings is 1. The summed E-state index contributed by atoms with van der Waals surface area (Å²) in [7, 11) is 1.64. The molecule has 32 heavy (non-hydrogen) atoms. The number of nitrogens with one attached hydrogen (secondary N) is 1. The Balaban J connectivity index is 1.55. The molecule has 0 radical (unpaired) electrons. The van der Waals surface area contributed by atoms with Gasteiger partial charge in [0.2, 0.25) is 0 Å². The van der Waals surface area contributed by atoms with Gasteiger partial charge in [0.05, 0.1) is 24.7 Å². The summed E-state index contributed by atoms with van der Waals surface area (Å²) in [5.74, 6) is 0.403. The number of nitrogens with zero attached hydrogens (tertiary/aromatic N) is 2. The number of ketones is 1. The molecule has 0 saturated heterocycles. The van der Waals surface area contributed by atoms with Gasteiger partial charge in [-0.05, 0) is 36.2 Å². The number of benzene rings is 3. The highest BCUT2D eigenvalue weighted by atomic mass is 16.5. The van der Waals surface area contributed by atoms with E-state index in [9.17, 15) is 9.59 Å². The minimum atomic E-state index is -0.588. The van der Waals surface area contributed by atoms with Crippen LogP contribution in [0, 0.1) is 0 Å². The maximum atomic E-state index is 12.3. The number of fused-ring (bicyclic) bond motifs is 1. The molecule has 4 rings (SSSR count). The molecule has 0 atom stereocenters. The van der Waals surface area contributed by atoms with Gasteiger partial charge in [-0.3, -0.25) is 9.59 Å². The minimum absolute atomic E-state index is 0.00846. The third-order valence-corrected chi connectivity index (χ3v) is 5.31. The van der Waals surface area contributed by atoms with Crippen molar-refractivity contribution in [1.82, 2.24) is 9.55 Å². The number of hydrogen-bond acceptors (Lipinski definition) is 5. The van der Waals surface area contributed by atoms with Gasteiger partial charge in [-0.2, -0.15) is 0 Å². The predicted octanol–water partition coefficient (Wildman–Crippen LogP) is 3.68. The number of anilines is 1. The van der Waals surface area contributed by atoms with Crippen molar-refractivity contribution >= 4 is 28.4 Å². The zero-order chi connectivity index (χ0) is 22.5. The van der Waals surface area contributed by atoms with E-state index in [2.05, 4.69) is 10.3 Å². The first-order valence-corrected chi connectivity index (χ1v) is 10.3. The molecule has 162 valence electrons. The number of aryl methyl sites for hydroxylation is 2. The number of carbonyl (C=O) groups excluding carboxylic acids is 2. The minimum Gasteiger partial charge on any atom is -0.496 e. The lowest BCUT2D eigenvalue weighted by molar-refractivity contribution is 0.0984. The van der Waals surface area contributed by atoms with Crippen molar-refractivity contribution < 1.29 is 14.3 Å². The number of primary amides is 1. The van der Waals surface area contributed by atoms with Crippen molar-refractivity contribution in [2.75, 3.05) is 19.0 Å². The molecule has 0 saturated carbocycles. The maximum Gasteiger partial charge on any atom is 0.284 e. The lowest BCUT2D eigenvalue weighted by Gasteiger charge is -2.11. The molecule has 3 aromatic carbocycles. The third kappa shape index (κ3) is 4.46. The van der Waals surface area contributed by atoms with Crippen LogP contribution >= 0.6 is 0 Å². The van der Waals surface area contributed by atoms with Gasteiger partial charge in [0.25, 0.3) is 5.91 Å². The van der Waals surface area contributed by atoms with E-state index in [1.54, 1.807) is 19.2 Å². The maximum absolute atomic E-state index is 12.3. The van der Waals surface area contributed by atoms with Crippen molar-refractivity contribution in [2.24, 2.45) is 5.73 Å². The second kappa shape index (κ2) is 9.34. The molecule has 1 amide bonds. The molecule has 0 fully saturated rings. The summed E-state index contributed by atoms with van der Waals surface area (Å²) < 4.78 is 7.24. The molecule has 0 aliphatic heterocycles. The molecule has 7 heteroatoms. The lowest BCUT2D eigenvalue weighted by atomic mass is 10.1. The van der Waals surface area contributed by atoms with E-state index in [1.807, 2.05) is 65.2 Å². The molecule has 0 unspecified atom stereocenters. The van der Waals surface area contributed by atoms with Crippen LogP contribution in [-0.2, 0) is 13.0 Å². The Morgan fingerprint density at radius 2 is 1.78 bits per heavy atom. The third-order valence-electron chi connectivity index (χ3n) is 5.31. The fraction of sp³-hybridized carbons (Fsp3) is 0.160. The van der Waals surface area contributed by atoms with E-state index in [4.69, 9.17) is 10.5 Å². The fourth-order valence-electron chi connectivity index (χ4n) is 3.70. The summed E-state index contributed by atoms with van der Waals surface area (Å²) in [6, 6.07) is 22.5. The number of ether oxygens (including phenoxy) is 1. The molecule has 3 N–H and O–H groups in total. The Bertz CT molecular complexity index is 1260. The van der Waals surface area contributed by atoms with Crippen LogP contribution in [0.25, 0.3) is 11.0 Å². The summed E-state index contributed by atoms with van der Waals surface area (Å²) in [4.78, 5) is 28.8. The highest BCUT2D eigenvalue weighted by Gasteiger charge is 2.16. The van der Waals surface area contributed by atoms with Gasteiger partial charge in [0.1, 0.15) is 5.75 Å². The largest absolute Gasteiger partial charge is 0.496 e. The van der Waals surface area contributed by atoms with Gasteiger partial charge in [-0.1, -0.05) is 48.5 Å². The van der Waals surface area contributed by atoms with Gasteiger partial charge in [0, 0.05) is 17.8 Å². The summed E-state index contributed by atoms with van der Waals surface area (Å²) in [5.41, 5.74) is 9.46. The summed E-state index contributed by atoms with van der Waals surface area (Å²) in [5, 5.41) is 3.13. The number of Topliss-reactive ketones (excluding diaryl/α,β-unsaturated/α-hetero) is 1. The van der Waals surface area contributed by atoms with Crippen molar-refractivity contribution in [3.05, 3.63) is 89.7 Å². The topological polar surface area (TPSA) is 99.2 Å². The average Bonchev–Trinajstić information content (AvgIpc) is 3.20. The average molecular weight is 428 g/mol. The predicted molar refractivity (Wildman–Crippen MR) is 124 cm³/mol. The Morgan fingerprint density at radius 1 is 1.03 bits per heavy atom. The highest BCUT2D eigenvalue weighted by Crippen LogP contribution is 2.23. The number of hydrogen-bond donors (Lipinski definition) is 2. The van der Waals surface area contributed by atoms with E-state index < -0.39 is 5.91 Å². The molecule has 1 aromatic heterocycles. The summed E-state index contributed by atoms with van der Waals surface area (Å²) in [6.07, 6.45) is 0.654. The van der Waals surface area contributed by atoms with Crippen LogP contribution in [0.15, 0.2) is 72.8 Å². The van der Waals surface area contributed by atoms with Crippen molar-refractivity contribution in [3.63, 3.8) is 0 Å². The van der Waals surface area contributed by atoms with Gasteiger partial charge in [-0.25, -0.2) is 4.98 Å². The van der Waals surface area contributed by atoms with Gasteiger partial charge in [-0.15, -0.1) is 0 Å². The molecular formula is C25H24N4O3. The normalized spacial score (nSPS) is 10.8. The smallest absolute Gasteiger partial charge is 0.284 e. The van der Waals surface area contributed by atoms with E-state index in [0.29, 0.717) is 24.0 Å².